The summed E-state index contributed by atoms with van der Waals surface area (Å²) in [7, 11) is -3.03. The standard InChI is InChI=1S/C23H39NO4S/c1-23(2,3)29(27,28)18-21-8-6-19(7-9-21)4-5-20-10-12-22(13-11-20)24(14-16-25)15-17-26/h10-13,19,21,25-26H,4-9,14-18H2,1-3H3. The summed E-state index contributed by atoms with van der Waals surface area (Å²) >= 11 is 0. The van der Waals surface area contributed by atoms with E-state index < -0.39 is 14.6 Å². The molecule has 0 radical (unpaired) electrons. The number of hydrogen-bond donors (Lipinski definition) is 2. The van der Waals surface area contributed by atoms with Crippen LogP contribution in [0.3, 0.4) is 0 Å². The zero-order valence-electron chi connectivity index (χ0n) is 18.3. The van der Waals surface area contributed by atoms with Crippen LogP contribution in [0.15, 0.2) is 24.3 Å². The van der Waals surface area contributed by atoms with Crippen molar-refractivity contribution in [3.05, 3.63) is 29.8 Å². The minimum Gasteiger partial charge on any atom is -0.395 e. The fraction of sp³-hybridized carbons (Fsp3) is 0.739. The smallest absolute Gasteiger partial charge is 0.155 e. The van der Waals surface area contributed by atoms with Crippen LogP contribution in [0, 0.1) is 11.8 Å². The number of nitrogens with zero attached hydrogens (tertiary/aromatic N) is 1. The maximum absolute atomic E-state index is 12.4. The van der Waals surface area contributed by atoms with Gasteiger partial charge in [0.25, 0.3) is 0 Å². The van der Waals surface area contributed by atoms with Crippen LogP contribution in [-0.2, 0) is 16.3 Å². The van der Waals surface area contributed by atoms with Crippen LogP contribution >= 0.6 is 0 Å². The average molecular weight is 426 g/mol. The van der Waals surface area contributed by atoms with Gasteiger partial charge in [0.2, 0.25) is 0 Å². The molecule has 2 N–H and O–H groups in total. The number of hydrogen-bond acceptors (Lipinski definition) is 5. The number of sulfone groups is 1. The average Bonchev–Trinajstić information content (AvgIpc) is 2.67. The molecule has 2 rings (SSSR count). The van der Waals surface area contributed by atoms with Gasteiger partial charge in [0.05, 0.1) is 23.7 Å². The number of anilines is 1. The fourth-order valence-corrected chi connectivity index (χ4v) is 5.56. The first kappa shape index (κ1) is 24.2. The maximum atomic E-state index is 12.4. The van der Waals surface area contributed by atoms with Crippen LogP contribution in [0.1, 0.15) is 58.4 Å². The molecule has 0 atom stereocenters. The van der Waals surface area contributed by atoms with Crippen LogP contribution in [0.25, 0.3) is 0 Å². The molecule has 29 heavy (non-hydrogen) atoms. The summed E-state index contributed by atoms with van der Waals surface area (Å²) in [6.45, 7) is 6.58. The molecule has 0 heterocycles. The largest absolute Gasteiger partial charge is 0.395 e. The minimum atomic E-state index is -3.03. The van der Waals surface area contributed by atoms with Crippen molar-refractivity contribution in [3.8, 4) is 0 Å². The summed E-state index contributed by atoms with van der Waals surface area (Å²) in [5.41, 5.74) is 2.33. The van der Waals surface area contributed by atoms with Gasteiger partial charge in [-0.1, -0.05) is 25.0 Å². The van der Waals surface area contributed by atoms with Crippen LogP contribution < -0.4 is 4.90 Å². The Morgan fingerprint density at radius 1 is 0.931 bits per heavy atom. The molecule has 0 unspecified atom stereocenters. The van der Waals surface area contributed by atoms with E-state index in [1.807, 2.05) is 4.90 Å². The van der Waals surface area contributed by atoms with Gasteiger partial charge in [0, 0.05) is 18.8 Å². The number of aryl methyl sites for hydroxylation is 1. The van der Waals surface area contributed by atoms with Crippen molar-refractivity contribution in [1.82, 2.24) is 0 Å². The molecule has 0 saturated heterocycles. The lowest BCUT2D eigenvalue weighted by molar-refractivity contribution is 0.278. The second-order valence-corrected chi connectivity index (χ2v) is 12.2. The number of aliphatic hydroxyl groups excluding tert-OH is 2. The van der Waals surface area contributed by atoms with Gasteiger partial charge in [-0.2, -0.15) is 0 Å². The molecule has 0 amide bonds. The Morgan fingerprint density at radius 2 is 1.45 bits per heavy atom. The topological polar surface area (TPSA) is 77.8 Å². The zero-order valence-corrected chi connectivity index (χ0v) is 19.1. The van der Waals surface area contributed by atoms with Crippen LogP contribution in [0.2, 0.25) is 0 Å². The quantitative estimate of drug-likeness (QED) is 0.600. The van der Waals surface area contributed by atoms with Gasteiger partial charge in [-0.3, -0.25) is 0 Å². The first-order chi connectivity index (χ1) is 13.7. The summed E-state index contributed by atoms with van der Waals surface area (Å²) in [6, 6.07) is 8.40. The van der Waals surface area contributed by atoms with Gasteiger partial charge >= 0.3 is 0 Å². The highest BCUT2D eigenvalue weighted by atomic mass is 32.2. The minimum absolute atomic E-state index is 0.0709. The van der Waals surface area contributed by atoms with Gasteiger partial charge < -0.3 is 15.1 Å². The summed E-state index contributed by atoms with van der Waals surface area (Å²) in [5, 5.41) is 18.3. The molecule has 1 fully saturated rings. The molecule has 0 bridgehead atoms. The molecule has 1 aromatic rings. The molecule has 1 aromatic carbocycles. The summed E-state index contributed by atoms with van der Waals surface area (Å²) < 4.78 is 24.2. The van der Waals surface area contributed by atoms with Crippen LogP contribution in [0.5, 0.6) is 0 Å². The first-order valence-electron chi connectivity index (χ1n) is 10.9. The molecular weight excluding hydrogens is 386 g/mol. The molecular formula is C23H39NO4S. The van der Waals surface area contributed by atoms with Gasteiger partial charge in [-0.15, -0.1) is 0 Å². The summed E-state index contributed by atoms with van der Waals surface area (Å²) in [6.07, 6.45) is 6.49. The van der Waals surface area contributed by atoms with Crippen molar-refractivity contribution in [2.24, 2.45) is 11.8 Å². The lowest BCUT2D eigenvalue weighted by atomic mass is 9.80. The van der Waals surface area contributed by atoms with Crippen molar-refractivity contribution in [2.75, 3.05) is 37.0 Å². The Hall–Kier alpha value is -1.11. The zero-order chi connectivity index (χ0) is 21.5. The Balaban J connectivity index is 1.79. The van der Waals surface area contributed by atoms with Crippen molar-refractivity contribution < 1.29 is 18.6 Å². The Labute approximate surface area is 177 Å². The molecule has 166 valence electrons. The van der Waals surface area contributed by atoms with E-state index in [0.717, 1.165) is 44.2 Å². The van der Waals surface area contributed by atoms with Gasteiger partial charge in [-0.05, 0) is 76.0 Å². The number of benzene rings is 1. The summed E-state index contributed by atoms with van der Waals surface area (Å²) in [4.78, 5) is 1.98. The first-order valence-corrected chi connectivity index (χ1v) is 12.6. The summed E-state index contributed by atoms with van der Waals surface area (Å²) in [5.74, 6) is 1.34. The van der Waals surface area contributed by atoms with Crippen LogP contribution in [-0.4, -0.2) is 55.4 Å². The predicted molar refractivity (Wildman–Crippen MR) is 120 cm³/mol. The Kier molecular flexibility index (Phi) is 8.98. The number of rotatable bonds is 10. The maximum Gasteiger partial charge on any atom is 0.155 e. The van der Waals surface area contributed by atoms with E-state index in [-0.39, 0.29) is 13.2 Å². The van der Waals surface area contributed by atoms with Gasteiger partial charge in [0.15, 0.2) is 9.84 Å². The second-order valence-electron chi connectivity index (χ2n) is 9.42. The monoisotopic (exact) mass is 425 g/mol. The highest BCUT2D eigenvalue weighted by molar-refractivity contribution is 7.92. The fourth-order valence-electron chi connectivity index (χ4n) is 4.10. The Bertz CT molecular complexity index is 695. The van der Waals surface area contributed by atoms with Crippen molar-refractivity contribution in [3.63, 3.8) is 0 Å². The van der Waals surface area contributed by atoms with E-state index >= 15 is 0 Å². The highest BCUT2D eigenvalue weighted by Gasteiger charge is 2.33. The SMILES string of the molecule is CC(C)(C)S(=O)(=O)CC1CCC(CCc2ccc(N(CCO)CCO)cc2)CC1. The molecule has 5 nitrogen and oxygen atoms in total. The van der Waals surface area contributed by atoms with E-state index in [4.69, 9.17) is 0 Å². The van der Waals surface area contributed by atoms with E-state index in [0.29, 0.717) is 30.7 Å². The molecule has 1 saturated carbocycles. The van der Waals surface area contributed by atoms with Crippen LogP contribution in [0.4, 0.5) is 5.69 Å². The molecule has 1 aliphatic rings. The van der Waals surface area contributed by atoms with E-state index in [9.17, 15) is 18.6 Å². The van der Waals surface area contributed by atoms with Crippen molar-refractivity contribution in [2.45, 2.75) is 64.0 Å². The molecule has 0 aromatic heterocycles. The second kappa shape index (κ2) is 10.8. The van der Waals surface area contributed by atoms with Gasteiger partial charge in [-0.25, -0.2) is 8.42 Å². The predicted octanol–water partition coefficient (Wildman–Crippen LogP) is 3.43. The van der Waals surface area contributed by atoms with E-state index in [2.05, 4.69) is 24.3 Å². The molecule has 0 aliphatic heterocycles. The van der Waals surface area contributed by atoms with E-state index in [1.165, 1.54) is 5.56 Å². The lowest BCUT2D eigenvalue weighted by Gasteiger charge is -2.30. The molecule has 1 aliphatic carbocycles. The highest BCUT2D eigenvalue weighted by Crippen LogP contribution is 2.34. The molecule has 0 spiro atoms. The van der Waals surface area contributed by atoms with E-state index in [1.54, 1.807) is 20.8 Å². The Morgan fingerprint density at radius 3 is 1.93 bits per heavy atom. The third kappa shape index (κ3) is 7.26. The third-order valence-corrected chi connectivity index (χ3v) is 9.01. The van der Waals surface area contributed by atoms with Crippen molar-refractivity contribution >= 4 is 15.5 Å². The van der Waals surface area contributed by atoms with Crippen molar-refractivity contribution in [1.29, 1.82) is 0 Å². The number of aliphatic hydroxyl groups is 2. The molecule has 6 heteroatoms. The van der Waals surface area contributed by atoms with Gasteiger partial charge in [0.1, 0.15) is 0 Å². The normalized spacial score (nSPS) is 20.6. The lowest BCUT2D eigenvalue weighted by Crippen LogP contribution is -2.34. The third-order valence-electron chi connectivity index (χ3n) is 6.24.